The van der Waals surface area contributed by atoms with Crippen molar-refractivity contribution in [2.75, 3.05) is 13.6 Å². The third-order valence-electron chi connectivity index (χ3n) is 3.16. The number of rotatable bonds is 7. The van der Waals surface area contributed by atoms with Crippen molar-refractivity contribution in [1.29, 1.82) is 0 Å². The highest BCUT2D eigenvalue weighted by Gasteiger charge is 2.25. The highest BCUT2D eigenvalue weighted by molar-refractivity contribution is 7.89. The van der Waals surface area contributed by atoms with Crippen molar-refractivity contribution in [2.45, 2.75) is 43.2 Å². The van der Waals surface area contributed by atoms with Crippen LogP contribution in [0.25, 0.3) is 0 Å². The second-order valence-corrected chi connectivity index (χ2v) is 6.36. The summed E-state index contributed by atoms with van der Waals surface area (Å²) in [4.78, 5) is 0.263. The SMILES string of the molecule is CNCCCn1cc(S(=O)(=O)NC2CCC2)cn1. The molecule has 0 spiro atoms. The van der Waals surface area contributed by atoms with Gasteiger partial charge < -0.3 is 5.32 Å². The van der Waals surface area contributed by atoms with Crippen molar-refractivity contribution in [1.82, 2.24) is 19.8 Å². The van der Waals surface area contributed by atoms with Crippen molar-refractivity contribution in [3.8, 4) is 0 Å². The van der Waals surface area contributed by atoms with Crippen LogP contribution in [0.3, 0.4) is 0 Å². The van der Waals surface area contributed by atoms with E-state index in [1.165, 1.54) is 6.20 Å². The zero-order valence-electron chi connectivity index (χ0n) is 10.6. The molecule has 6 nitrogen and oxygen atoms in total. The van der Waals surface area contributed by atoms with E-state index < -0.39 is 10.0 Å². The molecule has 1 saturated carbocycles. The van der Waals surface area contributed by atoms with Crippen molar-refractivity contribution < 1.29 is 8.42 Å². The van der Waals surface area contributed by atoms with E-state index in [1.807, 2.05) is 7.05 Å². The summed E-state index contributed by atoms with van der Waals surface area (Å²) in [5.74, 6) is 0. The molecule has 0 amide bonds. The Hall–Kier alpha value is -0.920. The third-order valence-corrected chi connectivity index (χ3v) is 4.64. The maximum atomic E-state index is 12.0. The first-order chi connectivity index (χ1) is 8.62. The molecule has 2 rings (SSSR count). The Morgan fingerprint density at radius 3 is 2.89 bits per heavy atom. The molecule has 0 radical (unpaired) electrons. The Bertz CT molecular complexity index is 479. The monoisotopic (exact) mass is 272 g/mol. The Morgan fingerprint density at radius 2 is 2.28 bits per heavy atom. The second-order valence-electron chi connectivity index (χ2n) is 4.65. The first-order valence-corrected chi connectivity index (χ1v) is 7.79. The van der Waals surface area contributed by atoms with Crippen LogP contribution in [-0.4, -0.2) is 37.8 Å². The van der Waals surface area contributed by atoms with Crippen molar-refractivity contribution in [3.05, 3.63) is 12.4 Å². The lowest BCUT2D eigenvalue weighted by Gasteiger charge is -2.25. The summed E-state index contributed by atoms with van der Waals surface area (Å²) in [6, 6.07) is 0.114. The number of aryl methyl sites for hydroxylation is 1. The Morgan fingerprint density at radius 1 is 1.50 bits per heavy atom. The zero-order valence-corrected chi connectivity index (χ0v) is 11.4. The molecule has 102 valence electrons. The quantitative estimate of drug-likeness (QED) is 0.701. The van der Waals surface area contributed by atoms with E-state index >= 15 is 0 Å². The highest BCUT2D eigenvalue weighted by atomic mass is 32.2. The molecule has 1 aromatic heterocycles. The fourth-order valence-corrected chi connectivity index (χ4v) is 3.09. The Kier molecular flexibility index (Phi) is 4.36. The van der Waals surface area contributed by atoms with Gasteiger partial charge in [0.1, 0.15) is 4.90 Å². The number of sulfonamides is 1. The van der Waals surface area contributed by atoms with Gasteiger partial charge in [-0.2, -0.15) is 5.10 Å². The van der Waals surface area contributed by atoms with Gasteiger partial charge in [0.2, 0.25) is 10.0 Å². The van der Waals surface area contributed by atoms with Gasteiger partial charge in [-0.3, -0.25) is 4.68 Å². The molecule has 1 aromatic rings. The minimum atomic E-state index is -3.38. The van der Waals surface area contributed by atoms with Crippen LogP contribution in [0, 0.1) is 0 Å². The summed E-state index contributed by atoms with van der Waals surface area (Å²) in [5.41, 5.74) is 0. The van der Waals surface area contributed by atoms with Crippen LogP contribution in [0.1, 0.15) is 25.7 Å². The molecule has 1 aliphatic rings. The Labute approximate surface area is 108 Å². The van der Waals surface area contributed by atoms with Crippen LogP contribution >= 0.6 is 0 Å². The van der Waals surface area contributed by atoms with E-state index in [0.29, 0.717) is 0 Å². The third kappa shape index (κ3) is 3.30. The van der Waals surface area contributed by atoms with E-state index in [-0.39, 0.29) is 10.9 Å². The number of hydrogen-bond donors (Lipinski definition) is 2. The van der Waals surface area contributed by atoms with Crippen LogP contribution in [0.4, 0.5) is 0 Å². The lowest BCUT2D eigenvalue weighted by Crippen LogP contribution is -2.39. The maximum Gasteiger partial charge on any atom is 0.243 e. The predicted octanol–water partition coefficient (Wildman–Crippen LogP) is 0.323. The molecule has 2 N–H and O–H groups in total. The topological polar surface area (TPSA) is 76.0 Å². The minimum absolute atomic E-state index is 0.114. The number of nitrogens with one attached hydrogen (secondary N) is 2. The molecule has 0 atom stereocenters. The molecule has 1 aliphatic carbocycles. The fourth-order valence-electron chi connectivity index (χ4n) is 1.84. The van der Waals surface area contributed by atoms with Gasteiger partial charge in [-0.1, -0.05) is 6.42 Å². The average molecular weight is 272 g/mol. The standard InChI is InChI=1S/C11H20N4O2S/c1-12-6-3-7-15-9-11(8-13-15)18(16,17)14-10-4-2-5-10/h8-10,12,14H,2-7H2,1H3. The van der Waals surface area contributed by atoms with Crippen LogP contribution in [0.2, 0.25) is 0 Å². The van der Waals surface area contributed by atoms with Crippen molar-refractivity contribution in [3.63, 3.8) is 0 Å². The van der Waals surface area contributed by atoms with Crippen LogP contribution in [-0.2, 0) is 16.6 Å². The van der Waals surface area contributed by atoms with Crippen molar-refractivity contribution >= 4 is 10.0 Å². The van der Waals surface area contributed by atoms with Crippen LogP contribution in [0.15, 0.2) is 17.3 Å². The van der Waals surface area contributed by atoms with E-state index in [2.05, 4.69) is 15.1 Å². The molecule has 7 heteroatoms. The van der Waals surface area contributed by atoms with E-state index in [0.717, 1.165) is 38.8 Å². The van der Waals surface area contributed by atoms with Gasteiger partial charge in [-0.15, -0.1) is 0 Å². The predicted molar refractivity (Wildman–Crippen MR) is 68.7 cm³/mol. The molecule has 0 aliphatic heterocycles. The maximum absolute atomic E-state index is 12.0. The van der Waals surface area contributed by atoms with Gasteiger partial charge in [0.15, 0.2) is 0 Å². The summed E-state index contributed by atoms with van der Waals surface area (Å²) < 4.78 is 28.4. The molecule has 0 saturated heterocycles. The smallest absolute Gasteiger partial charge is 0.243 e. The number of nitrogens with zero attached hydrogens (tertiary/aromatic N) is 2. The highest BCUT2D eigenvalue weighted by Crippen LogP contribution is 2.20. The molecule has 0 bridgehead atoms. The Balaban J connectivity index is 1.95. The lowest BCUT2D eigenvalue weighted by molar-refractivity contribution is 0.383. The molecule has 1 fully saturated rings. The van der Waals surface area contributed by atoms with Crippen molar-refractivity contribution in [2.24, 2.45) is 0 Å². The van der Waals surface area contributed by atoms with Gasteiger partial charge in [0.05, 0.1) is 6.20 Å². The molecule has 1 heterocycles. The average Bonchev–Trinajstić information content (AvgIpc) is 2.74. The van der Waals surface area contributed by atoms with Crippen LogP contribution in [0.5, 0.6) is 0 Å². The van der Waals surface area contributed by atoms with Gasteiger partial charge in [0, 0.05) is 18.8 Å². The molecule has 0 unspecified atom stereocenters. The summed E-state index contributed by atoms with van der Waals surface area (Å²) in [6.45, 7) is 1.61. The first kappa shape index (κ1) is 13.5. The second kappa shape index (κ2) is 5.81. The van der Waals surface area contributed by atoms with E-state index in [4.69, 9.17) is 0 Å². The normalized spacial score (nSPS) is 16.7. The van der Waals surface area contributed by atoms with Crippen LogP contribution < -0.4 is 10.0 Å². The zero-order chi connectivity index (χ0) is 13.0. The molecular weight excluding hydrogens is 252 g/mol. The van der Waals surface area contributed by atoms with Gasteiger partial charge >= 0.3 is 0 Å². The molecule has 0 aromatic carbocycles. The first-order valence-electron chi connectivity index (χ1n) is 6.31. The molecular formula is C11H20N4O2S. The minimum Gasteiger partial charge on any atom is -0.320 e. The summed E-state index contributed by atoms with van der Waals surface area (Å²) in [5, 5.41) is 7.12. The largest absolute Gasteiger partial charge is 0.320 e. The van der Waals surface area contributed by atoms with E-state index in [1.54, 1.807) is 10.9 Å². The number of aromatic nitrogens is 2. The molecule has 18 heavy (non-hydrogen) atoms. The fraction of sp³-hybridized carbons (Fsp3) is 0.727. The lowest BCUT2D eigenvalue weighted by atomic mass is 9.94. The van der Waals surface area contributed by atoms with Gasteiger partial charge in [0.25, 0.3) is 0 Å². The van der Waals surface area contributed by atoms with Gasteiger partial charge in [-0.05, 0) is 32.9 Å². The summed E-state index contributed by atoms with van der Waals surface area (Å²) >= 11 is 0. The summed E-state index contributed by atoms with van der Waals surface area (Å²) in [7, 11) is -1.49. The number of hydrogen-bond acceptors (Lipinski definition) is 4. The summed E-state index contributed by atoms with van der Waals surface area (Å²) in [6.07, 6.45) is 6.92. The van der Waals surface area contributed by atoms with E-state index in [9.17, 15) is 8.42 Å². The van der Waals surface area contributed by atoms with Gasteiger partial charge in [-0.25, -0.2) is 13.1 Å².